The third-order valence-electron chi connectivity index (χ3n) is 3.01. The Kier molecular flexibility index (Phi) is 7.04. The molecule has 0 aromatic rings. The Balaban J connectivity index is 1.85. The first-order valence-corrected chi connectivity index (χ1v) is 6.68. The Morgan fingerprint density at radius 3 is 2.59 bits per heavy atom. The van der Waals surface area contributed by atoms with Crippen molar-refractivity contribution < 1.29 is 14.6 Å². The highest BCUT2D eigenvalue weighted by atomic mass is 16.5. The number of aliphatic hydroxyl groups is 1. The summed E-state index contributed by atoms with van der Waals surface area (Å²) in [4.78, 5) is 0. The Morgan fingerprint density at radius 2 is 2.00 bits per heavy atom. The van der Waals surface area contributed by atoms with E-state index in [0.29, 0.717) is 32.4 Å². The van der Waals surface area contributed by atoms with Crippen LogP contribution in [-0.2, 0) is 9.47 Å². The molecule has 0 saturated heterocycles. The summed E-state index contributed by atoms with van der Waals surface area (Å²) < 4.78 is 10.7. The molecule has 0 radical (unpaired) electrons. The summed E-state index contributed by atoms with van der Waals surface area (Å²) in [6.07, 6.45) is 2.29. The number of ether oxygens (including phenoxy) is 2. The Morgan fingerprint density at radius 1 is 1.29 bits per heavy atom. The molecule has 4 heteroatoms. The second-order valence-corrected chi connectivity index (χ2v) is 5.33. The van der Waals surface area contributed by atoms with E-state index in [1.54, 1.807) is 0 Å². The third-order valence-corrected chi connectivity index (χ3v) is 3.01. The number of hydrogen-bond donors (Lipinski definition) is 2. The predicted molar refractivity (Wildman–Crippen MR) is 68.1 cm³/mol. The van der Waals surface area contributed by atoms with E-state index in [0.717, 1.165) is 5.92 Å². The molecule has 0 aromatic heterocycles. The van der Waals surface area contributed by atoms with Gasteiger partial charge >= 0.3 is 0 Å². The van der Waals surface area contributed by atoms with E-state index in [4.69, 9.17) is 9.47 Å². The lowest BCUT2D eigenvalue weighted by atomic mass is 9.82. The van der Waals surface area contributed by atoms with Crippen LogP contribution in [0.1, 0.15) is 33.6 Å². The SMILES string of the molecule is CC1CC(NCC(O)COCCOC(C)C)C1. The summed E-state index contributed by atoms with van der Waals surface area (Å²) in [6, 6.07) is 0.601. The van der Waals surface area contributed by atoms with Crippen molar-refractivity contribution in [3.63, 3.8) is 0 Å². The molecule has 1 saturated carbocycles. The van der Waals surface area contributed by atoms with Gasteiger partial charge in [-0.1, -0.05) is 6.92 Å². The van der Waals surface area contributed by atoms with Gasteiger partial charge in [0.1, 0.15) is 0 Å². The molecule has 4 nitrogen and oxygen atoms in total. The van der Waals surface area contributed by atoms with Crippen LogP contribution in [0.3, 0.4) is 0 Å². The molecule has 0 heterocycles. The van der Waals surface area contributed by atoms with Crippen LogP contribution in [0.2, 0.25) is 0 Å². The zero-order chi connectivity index (χ0) is 12.7. The maximum atomic E-state index is 9.66. The minimum Gasteiger partial charge on any atom is -0.389 e. The molecular weight excluding hydrogens is 218 g/mol. The van der Waals surface area contributed by atoms with Crippen molar-refractivity contribution in [3.8, 4) is 0 Å². The van der Waals surface area contributed by atoms with Crippen LogP contribution in [0.15, 0.2) is 0 Å². The van der Waals surface area contributed by atoms with Crippen molar-refractivity contribution in [3.05, 3.63) is 0 Å². The van der Waals surface area contributed by atoms with Gasteiger partial charge in [0.05, 0.1) is 32.0 Å². The molecular formula is C13H27NO3. The van der Waals surface area contributed by atoms with Crippen molar-refractivity contribution in [2.24, 2.45) is 5.92 Å². The summed E-state index contributed by atoms with van der Waals surface area (Å²) in [6.45, 7) is 8.41. The number of hydrogen-bond acceptors (Lipinski definition) is 4. The maximum Gasteiger partial charge on any atom is 0.0897 e. The lowest BCUT2D eigenvalue weighted by Gasteiger charge is -2.34. The zero-order valence-electron chi connectivity index (χ0n) is 11.3. The Labute approximate surface area is 105 Å². The Bertz CT molecular complexity index is 193. The van der Waals surface area contributed by atoms with Crippen molar-refractivity contribution in [1.82, 2.24) is 5.32 Å². The van der Waals surface area contributed by atoms with Gasteiger partial charge in [0, 0.05) is 12.6 Å². The second kappa shape index (κ2) is 8.03. The average Bonchev–Trinajstić information content (AvgIpc) is 2.22. The quantitative estimate of drug-likeness (QED) is 0.599. The van der Waals surface area contributed by atoms with Crippen LogP contribution < -0.4 is 5.32 Å². The van der Waals surface area contributed by atoms with E-state index in [9.17, 15) is 5.11 Å². The van der Waals surface area contributed by atoms with E-state index in [2.05, 4.69) is 12.2 Å². The second-order valence-electron chi connectivity index (χ2n) is 5.33. The van der Waals surface area contributed by atoms with E-state index < -0.39 is 6.10 Å². The fraction of sp³-hybridized carbons (Fsp3) is 1.00. The number of rotatable bonds is 9. The Hall–Kier alpha value is -0.160. The number of aliphatic hydroxyl groups excluding tert-OH is 1. The van der Waals surface area contributed by atoms with Gasteiger partial charge < -0.3 is 19.9 Å². The van der Waals surface area contributed by atoms with E-state index in [1.807, 2.05) is 13.8 Å². The molecule has 0 aromatic carbocycles. The topological polar surface area (TPSA) is 50.7 Å². The molecule has 0 aliphatic heterocycles. The van der Waals surface area contributed by atoms with Gasteiger partial charge in [-0.25, -0.2) is 0 Å². The van der Waals surface area contributed by atoms with E-state index in [-0.39, 0.29) is 6.10 Å². The summed E-state index contributed by atoms with van der Waals surface area (Å²) in [5, 5.41) is 13.0. The minimum absolute atomic E-state index is 0.241. The lowest BCUT2D eigenvalue weighted by molar-refractivity contribution is -0.0114. The highest BCUT2D eigenvalue weighted by Gasteiger charge is 2.24. The normalized spacial score (nSPS) is 25.9. The van der Waals surface area contributed by atoms with Gasteiger partial charge in [-0.05, 0) is 32.6 Å². The smallest absolute Gasteiger partial charge is 0.0897 e. The fourth-order valence-corrected chi connectivity index (χ4v) is 1.99. The molecule has 1 aliphatic carbocycles. The van der Waals surface area contributed by atoms with Crippen molar-refractivity contribution >= 4 is 0 Å². The standard InChI is InChI=1S/C13H27NO3/c1-10(2)17-5-4-16-9-13(15)8-14-12-6-11(3)7-12/h10-15H,4-9H2,1-3H3. The fourth-order valence-electron chi connectivity index (χ4n) is 1.99. The highest BCUT2D eigenvalue weighted by molar-refractivity contribution is 4.82. The van der Waals surface area contributed by atoms with Gasteiger partial charge in [-0.2, -0.15) is 0 Å². The number of nitrogens with one attached hydrogen (secondary N) is 1. The largest absolute Gasteiger partial charge is 0.389 e. The molecule has 1 aliphatic rings. The van der Waals surface area contributed by atoms with Crippen LogP contribution in [-0.4, -0.2) is 49.7 Å². The van der Waals surface area contributed by atoms with Crippen LogP contribution in [0.5, 0.6) is 0 Å². The molecule has 1 fully saturated rings. The summed E-state index contributed by atoms with van der Waals surface area (Å²) >= 11 is 0. The van der Waals surface area contributed by atoms with E-state index >= 15 is 0 Å². The van der Waals surface area contributed by atoms with Gasteiger partial charge in [-0.15, -0.1) is 0 Å². The van der Waals surface area contributed by atoms with Gasteiger partial charge in [0.15, 0.2) is 0 Å². The van der Waals surface area contributed by atoms with Crippen LogP contribution in [0, 0.1) is 5.92 Å². The van der Waals surface area contributed by atoms with Gasteiger partial charge in [-0.3, -0.25) is 0 Å². The molecule has 0 amide bonds. The van der Waals surface area contributed by atoms with Crippen LogP contribution in [0.4, 0.5) is 0 Å². The first-order valence-electron chi connectivity index (χ1n) is 6.68. The molecule has 1 unspecified atom stereocenters. The predicted octanol–water partition coefficient (Wildman–Crippen LogP) is 1.18. The molecule has 17 heavy (non-hydrogen) atoms. The lowest BCUT2D eigenvalue weighted by Crippen LogP contribution is -2.44. The molecule has 1 atom stereocenters. The van der Waals surface area contributed by atoms with Crippen LogP contribution in [0.25, 0.3) is 0 Å². The highest BCUT2D eigenvalue weighted by Crippen LogP contribution is 2.25. The summed E-state index contributed by atoms with van der Waals surface area (Å²) in [5.74, 6) is 0.842. The molecule has 102 valence electrons. The van der Waals surface area contributed by atoms with Crippen molar-refractivity contribution in [2.75, 3.05) is 26.4 Å². The van der Waals surface area contributed by atoms with Crippen molar-refractivity contribution in [2.45, 2.75) is 51.9 Å². The molecule has 2 N–H and O–H groups in total. The molecule has 0 spiro atoms. The monoisotopic (exact) mass is 245 g/mol. The van der Waals surface area contributed by atoms with Crippen molar-refractivity contribution in [1.29, 1.82) is 0 Å². The first-order chi connectivity index (χ1) is 8.08. The van der Waals surface area contributed by atoms with Gasteiger partial charge in [0.25, 0.3) is 0 Å². The molecule has 1 rings (SSSR count). The van der Waals surface area contributed by atoms with E-state index in [1.165, 1.54) is 12.8 Å². The third kappa shape index (κ3) is 6.99. The first kappa shape index (κ1) is 14.9. The van der Waals surface area contributed by atoms with Crippen LogP contribution >= 0.6 is 0 Å². The summed E-state index contributed by atoms with van der Waals surface area (Å²) in [5.41, 5.74) is 0. The van der Waals surface area contributed by atoms with Gasteiger partial charge in [0.2, 0.25) is 0 Å². The molecule has 0 bridgehead atoms. The zero-order valence-corrected chi connectivity index (χ0v) is 11.3. The minimum atomic E-state index is -0.412. The average molecular weight is 245 g/mol. The summed E-state index contributed by atoms with van der Waals surface area (Å²) in [7, 11) is 0. The maximum absolute atomic E-state index is 9.66.